The standard InChI is InChI=1S/C18H19NO2/c1-19-7-6-12-8-13(21-2)10-14-17(12)15(19)9-11-4-3-5-16(20)18(11)14/h3-5,8,10,15,20H,6-7,9H2,1-2H3/t15-/m1/s1. The van der Waals surface area contributed by atoms with E-state index in [-0.39, 0.29) is 0 Å². The number of hydrogen-bond donors (Lipinski definition) is 1. The highest BCUT2D eigenvalue weighted by Crippen LogP contribution is 2.48. The molecule has 2 aromatic carbocycles. The smallest absolute Gasteiger partial charge is 0.123 e. The molecule has 0 fully saturated rings. The van der Waals surface area contributed by atoms with Crippen LogP contribution in [0.25, 0.3) is 11.1 Å². The van der Waals surface area contributed by atoms with Crippen LogP contribution in [0.2, 0.25) is 0 Å². The van der Waals surface area contributed by atoms with Crippen molar-refractivity contribution in [3.8, 4) is 22.6 Å². The number of phenols is 1. The average Bonchev–Trinajstić information content (AvgIpc) is 2.50. The first-order valence-electron chi connectivity index (χ1n) is 7.41. The minimum absolute atomic E-state index is 0.370. The lowest BCUT2D eigenvalue weighted by molar-refractivity contribution is 0.227. The second-order valence-corrected chi connectivity index (χ2v) is 6.01. The zero-order chi connectivity index (χ0) is 14.6. The molecule has 0 unspecified atom stereocenters. The molecule has 0 aromatic heterocycles. The molecule has 0 radical (unpaired) electrons. The fraction of sp³-hybridized carbons (Fsp3) is 0.333. The van der Waals surface area contributed by atoms with E-state index in [0.29, 0.717) is 11.8 Å². The van der Waals surface area contributed by atoms with E-state index in [1.165, 1.54) is 16.7 Å². The highest BCUT2D eigenvalue weighted by Gasteiger charge is 2.34. The van der Waals surface area contributed by atoms with Crippen LogP contribution in [0.5, 0.6) is 11.5 Å². The lowest BCUT2D eigenvalue weighted by Gasteiger charge is -2.40. The number of fused-ring (bicyclic) bond motifs is 2. The molecule has 2 aliphatic rings. The molecule has 1 heterocycles. The highest BCUT2D eigenvalue weighted by molar-refractivity contribution is 5.81. The van der Waals surface area contributed by atoms with Crippen LogP contribution in [-0.4, -0.2) is 30.7 Å². The summed E-state index contributed by atoms with van der Waals surface area (Å²) in [5.74, 6) is 1.25. The second-order valence-electron chi connectivity index (χ2n) is 6.01. The summed E-state index contributed by atoms with van der Waals surface area (Å²) in [7, 11) is 3.89. The van der Waals surface area contributed by atoms with Crippen molar-refractivity contribution < 1.29 is 9.84 Å². The third-order valence-corrected chi connectivity index (χ3v) is 4.89. The van der Waals surface area contributed by atoms with Crippen LogP contribution in [-0.2, 0) is 12.8 Å². The van der Waals surface area contributed by atoms with E-state index in [4.69, 9.17) is 4.74 Å². The third-order valence-electron chi connectivity index (χ3n) is 4.89. The van der Waals surface area contributed by atoms with Gasteiger partial charge in [0.1, 0.15) is 11.5 Å². The predicted octanol–water partition coefficient (Wildman–Crippen LogP) is 3.15. The van der Waals surface area contributed by atoms with Crippen molar-refractivity contribution in [2.24, 2.45) is 0 Å². The van der Waals surface area contributed by atoms with Gasteiger partial charge in [-0.1, -0.05) is 12.1 Å². The number of methoxy groups -OCH3 is 1. The topological polar surface area (TPSA) is 32.7 Å². The first-order chi connectivity index (χ1) is 10.2. The molecule has 3 heteroatoms. The fourth-order valence-corrected chi connectivity index (χ4v) is 3.82. The van der Waals surface area contributed by atoms with E-state index >= 15 is 0 Å². The zero-order valence-electron chi connectivity index (χ0n) is 12.4. The lowest BCUT2D eigenvalue weighted by Crippen LogP contribution is -2.35. The molecule has 1 aliphatic carbocycles. The van der Waals surface area contributed by atoms with E-state index in [9.17, 15) is 5.11 Å². The predicted molar refractivity (Wildman–Crippen MR) is 82.9 cm³/mol. The molecule has 1 aliphatic heterocycles. The van der Waals surface area contributed by atoms with Crippen LogP contribution in [0.1, 0.15) is 22.7 Å². The number of likely N-dealkylation sites (N-methyl/N-ethyl adjacent to an activating group) is 1. The summed E-state index contributed by atoms with van der Waals surface area (Å²) in [6, 6.07) is 10.5. The van der Waals surface area contributed by atoms with Crippen molar-refractivity contribution >= 4 is 0 Å². The molecule has 2 aromatic rings. The number of nitrogens with zero attached hydrogens (tertiary/aromatic N) is 1. The van der Waals surface area contributed by atoms with Crippen LogP contribution >= 0.6 is 0 Å². The van der Waals surface area contributed by atoms with Gasteiger partial charge in [-0.3, -0.25) is 4.90 Å². The Balaban J connectivity index is 2.05. The van der Waals surface area contributed by atoms with Gasteiger partial charge in [-0.25, -0.2) is 0 Å². The molecular formula is C18H19NO2. The number of rotatable bonds is 1. The van der Waals surface area contributed by atoms with Gasteiger partial charge < -0.3 is 9.84 Å². The summed E-state index contributed by atoms with van der Waals surface area (Å²) in [6.45, 7) is 1.07. The van der Waals surface area contributed by atoms with Gasteiger partial charge in [0.2, 0.25) is 0 Å². The molecule has 1 atom stereocenters. The Labute approximate surface area is 124 Å². The van der Waals surface area contributed by atoms with Crippen molar-refractivity contribution in [2.45, 2.75) is 18.9 Å². The van der Waals surface area contributed by atoms with Crippen molar-refractivity contribution in [1.82, 2.24) is 4.90 Å². The Bertz CT molecular complexity index is 723. The molecule has 0 bridgehead atoms. The summed E-state index contributed by atoms with van der Waals surface area (Å²) < 4.78 is 5.47. The number of ether oxygens (including phenoxy) is 1. The minimum Gasteiger partial charge on any atom is -0.507 e. The maximum absolute atomic E-state index is 10.3. The van der Waals surface area contributed by atoms with Crippen molar-refractivity contribution in [3.63, 3.8) is 0 Å². The number of benzene rings is 2. The highest BCUT2D eigenvalue weighted by atomic mass is 16.5. The molecule has 108 valence electrons. The van der Waals surface area contributed by atoms with Gasteiger partial charge >= 0.3 is 0 Å². The molecule has 3 nitrogen and oxygen atoms in total. The van der Waals surface area contributed by atoms with Crippen LogP contribution in [0, 0.1) is 0 Å². The van der Waals surface area contributed by atoms with Crippen LogP contribution in [0.4, 0.5) is 0 Å². The Hall–Kier alpha value is -2.00. The Morgan fingerprint density at radius 3 is 2.90 bits per heavy atom. The molecule has 0 saturated heterocycles. The molecular weight excluding hydrogens is 262 g/mol. The Kier molecular flexibility index (Phi) is 2.73. The molecule has 0 amide bonds. The molecule has 4 rings (SSSR count). The Morgan fingerprint density at radius 1 is 1.24 bits per heavy atom. The van der Waals surface area contributed by atoms with Crippen LogP contribution in [0.3, 0.4) is 0 Å². The van der Waals surface area contributed by atoms with E-state index in [2.05, 4.69) is 30.1 Å². The van der Waals surface area contributed by atoms with Gasteiger partial charge in [0, 0.05) is 18.2 Å². The molecule has 0 spiro atoms. The summed E-state index contributed by atoms with van der Waals surface area (Å²) in [5, 5.41) is 10.3. The van der Waals surface area contributed by atoms with Gasteiger partial charge in [0.15, 0.2) is 0 Å². The van der Waals surface area contributed by atoms with E-state index in [0.717, 1.165) is 36.3 Å². The largest absolute Gasteiger partial charge is 0.507 e. The quantitative estimate of drug-likeness (QED) is 0.871. The van der Waals surface area contributed by atoms with Gasteiger partial charge in [0.25, 0.3) is 0 Å². The average molecular weight is 281 g/mol. The second kappa shape index (κ2) is 4.50. The van der Waals surface area contributed by atoms with Crippen molar-refractivity contribution in [1.29, 1.82) is 0 Å². The lowest BCUT2D eigenvalue weighted by atomic mass is 9.77. The first kappa shape index (κ1) is 12.7. The minimum atomic E-state index is 0.370. The van der Waals surface area contributed by atoms with Gasteiger partial charge in [-0.15, -0.1) is 0 Å². The maximum Gasteiger partial charge on any atom is 0.123 e. The monoisotopic (exact) mass is 281 g/mol. The fourth-order valence-electron chi connectivity index (χ4n) is 3.82. The summed E-state index contributed by atoms with van der Waals surface area (Å²) >= 11 is 0. The maximum atomic E-state index is 10.3. The number of hydrogen-bond acceptors (Lipinski definition) is 3. The number of phenolic OH excluding ortho intramolecular Hbond substituents is 1. The summed E-state index contributed by atoms with van der Waals surface area (Å²) in [5.41, 5.74) is 6.08. The van der Waals surface area contributed by atoms with E-state index in [1.54, 1.807) is 13.2 Å². The van der Waals surface area contributed by atoms with E-state index in [1.807, 2.05) is 6.07 Å². The molecule has 21 heavy (non-hydrogen) atoms. The number of aromatic hydroxyl groups is 1. The van der Waals surface area contributed by atoms with Gasteiger partial charge in [-0.2, -0.15) is 0 Å². The Morgan fingerprint density at radius 2 is 2.10 bits per heavy atom. The van der Waals surface area contributed by atoms with Crippen molar-refractivity contribution in [3.05, 3.63) is 47.0 Å². The zero-order valence-corrected chi connectivity index (χ0v) is 12.4. The van der Waals surface area contributed by atoms with Crippen LogP contribution < -0.4 is 4.74 Å². The third kappa shape index (κ3) is 1.77. The normalized spacial score (nSPS) is 19.8. The van der Waals surface area contributed by atoms with Gasteiger partial charge in [-0.05, 0) is 60.3 Å². The van der Waals surface area contributed by atoms with Crippen molar-refractivity contribution in [2.75, 3.05) is 20.7 Å². The first-order valence-corrected chi connectivity index (χ1v) is 7.41. The van der Waals surface area contributed by atoms with E-state index < -0.39 is 0 Å². The van der Waals surface area contributed by atoms with Gasteiger partial charge in [0.05, 0.1) is 7.11 Å². The molecule has 0 saturated carbocycles. The molecule has 1 N–H and O–H groups in total. The summed E-state index contributed by atoms with van der Waals surface area (Å²) in [6.07, 6.45) is 2.00. The van der Waals surface area contributed by atoms with Crippen LogP contribution in [0.15, 0.2) is 30.3 Å². The SMILES string of the molecule is COc1cc2c3c(c1)-c1c(O)cccc1C[C@H]3N(C)CC2. The summed E-state index contributed by atoms with van der Waals surface area (Å²) in [4.78, 5) is 2.42.